The minimum atomic E-state index is 0.162. The fourth-order valence-electron chi connectivity index (χ4n) is 2.34. The van der Waals surface area contributed by atoms with Crippen LogP contribution in [0.15, 0.2) is 18.2 Å². The maximum absolute atomic E-state index is 6.03. The van der Waals surface area contributed by atoms with E-state index in [1.54, 1.807) is 0 Å². The lowest BCUT2D eigenvalue weighted by atomic mass is 9.75. The third-order valence-electron chi connectivity index (χ3n) is 3.55. The molecule has 2 N–H and O–H groups in total. The van der Waals surface area contributed by atoms with Crippen molar-refractivity contribution in [3.05, 3.63) is 33.8 Å². The summed E-state index contributed by atoms with van der Waals surface area (Å²) in [6.45, 7) is 2.30. The molecular formula is C13H17Cl2NO. The average Bonchev–Trinajstić information content (AvgIpc) is 2.35. The second-order valence-electron chi connectivity index (χ2n) is 4.74. The molecule has 1 aromatic rings. The van der Waals surface area contributed by atoms with Gasteiger partial charge in [-0.3, -0.25) is 0 Å². The van der Waals surface area contributed by atoms with E-state index in [1.807, 2.05) is 18.2 Å². The first-order valence-corrected chi connectivity index (χ1v) is 6.63. The van der Waals surface area contributed by atoms with Gasteiger partial charge in [0.05, 0.1) is 10.0 Å². The predicted molar refractivity (Wildman–Crippen MR) is 71.7 cm³/mol. The summed E-state index contributed by atoms with van der Waals surface area (Å²) in [4.78, 5) is 0. The summed E-state index contributed by atoms with van der Waals surface area (Å²) in [6.07, 6.45) is 2.98. The molecule has 1 heterocycles. The Morgan fingerprint density at radius 2 is 1.88 bits per heavy atom. The minimum absolute atomic E-state index is 0.162. The van der Waals surface area contributed by atoms with E-state index in [4.69, 9.17) is 33.7 Å². The summed E-state index contributed by atoms with van der Waals surface area (Å²) in [5.74, 6) is 0. The van der Waals surface area contributed by atoms with E-state index < -0.39 is 0 Å². The second-order valence-corrected chi connectivity index (χ2v) is 5.56. The molecule has 2 nitrogen and oxygen atoms in total. The Labute approximate surface area is 112 Å². The van der Waals surface area contributed by atoms with Crippen molar-refractivity contribution in [2.45, 2.75) is 19.3 Å². The number of ether oxygens (including phenoxy) is 1. The molecule has 2 rings (SSSR count). The SMILES string of the molecule is NCC1(Cc2ccc(Cl)c(Cl)c2)CCOCC1. The van der Waals surface area contributed by atoms with Gasteiger partial charge in [0.2, 0.25) is 0 Å². The molecule has 0 saturated carbocycles. The normalized spacial score (nSPS) is 19.2. The van der Waals surface area contributed by atoms with Gasteiger partial charge in [-0.05, 0) is 48.9 Å². The number of nitrogens with two attached hydrogens (primary N) is 1. The third kappa shape index (κ3) is 3.14. The zero-order chi connectivity index (χ0) is 12.3. The fraction of sp³-hybridized carbons (Fsp3) is 0.538. The van der Waals surface area contributed by atoms with Crippen LogP contribution in [0.5, 0.6) is 0 Å². The van der Waals surface area contributed by atoms with Gasteiger partial charge < -0.3 is 10.5 Å². The number of rotatable bonds is 3. The molecule has 17 heavy (non-hydrogen) atoms. The molecule has 0 aromatic heterocycles. The van der Waals surface area contributed by atoms with Gasteiger partial charge in [0, 0.05) is 13.2 Å². The molecule has 0 aliphatic carbocycles. The Bertz CT molecular complexity index is 389. The van der Waals surface area contributed by atoms with Crippen molar-refractivity contribution in [1.82, 2.24) is 0 Å². The first-order chi connectivity index (χ1) is 8.15. The van der Waals surface area contributed by atoms with Crippen molar-refractivity contribution < 1.29 is 4.74 Å². The summed E-state index contributed by atoms with van der Waals surface area (Å²) in [5, 5.41) is 1.22. The molecule has 1 aliphatic heterocycles. The van der Waals surface area contributed by atoms with Crippen LogP contribution in [0, 0.1) is 5.41 Å². The highest BCUT2D eigenvalue weighted by molar-refractivity contribution is 6.42. The topological polar surface area (TPSA) is 35.2 Å². The highest BCUT2D eigenvalue weighted by Gasteiger charge is 2.31. The molecule has 94 valence electrons. The van der Waals surface area contributed by atoms with Crippen molar-refractivity contribution in [3.63, 3.8) is 0 Å². The molecule has 1 aromatic carbocycles. The quantitative estimate of drug-likeness (QED) is 0.917. The van der Waals surface area contributed by atoms with Gasteiger partial charge in [0.25, 0.3) is 0 Å². The Morgan fingerprint density at radius 3 is 2.47 bits per heavy atom. The Balaban J connectivity index is 2.14. The van der Waals surface area contributed by atoms with E-state index in [-0.39, 0.29) is 5.41 Å². The molecule has 0 bridgehead atoms. The summed E-state index contributed by atoms with van der Waals surface area (Å²) >= 11 is 11.9. The standard InChI is InChI=1S/C13H17Cl2NO/c14-11-2-1-10(7-12(11)15)8-13(9-16)3-5-17-6-4-13/h1-2,7H,3-6,8-9,16H2. The van der Waals surface area contributed by atoms with E-state index in [2.05, 4.69) is 0 Å². The van der Waals surface area contributed by atoms with Gasteiger partial charge in [0.1, 0.15) is 0 Å². The third-order valence-corrected chi connectivity index (χ3v) is 4.29. The molecule has 1 fully saturated rings. The largest absolute Gasteiger partial charge is 0.381 e. The van der Waals surface area contributed by atoms with Crippen LogP contribution in [0.3, 0.4) is 0 Å². The number of benzene rings is 1. The van der Waals surface area contributed by atoms with Crippen LogP contribution in [-0.2, 0) is 11.2 Å². The Hall–Kier alpha value is -0.280. The lowest BCUT2D eigenvalue weighted by molar-refractivity contribution is 0.0191. The van der Waals surface area contributed by atoms with Crippen LogP contribution >= 0.6 is 23.2 Å². The first kappa shape index (κ1) is 13.2. The Kier molecular flexibility index (Phi) is 4.31. The van der Waals surface area contributed by atoms with E-state index >= 15 is 0 Å². The lowest BCUT2D eigenvalue weighted by Gasteiger charge is -2.36. The smallest absolute Gasteiger partial charge is 0.0595 e. The van der Waals surface area contributed by atoms with Crippen molar-refractivity contribution in [2.24, 2.45) is 11.1 Å². The molecule has 0 unspecified atom stereocenters. The highest BCUT2D eigenvalue weighted by Crippen LogP contribution is 2.34. The van der Waals surface area contributed by atoms with Gasteiger partial charge in [0.15, 0.2) is 0 Å². The Morgan fingerprint density at radius 1 is 1.18 bits per heavy atom. The lowest BCUT2D eigenvalue weighted by Crippen LogP contribution is -2.38. The molecule has 0 spiro atoms. The minimum Gasteiger partial charge on any atom is -0.381 e. The number of halogens is 2. The van der Waals surface area contributed by atoms with Crippen LogP contribution in [0.1, 0.15) is 18.4 Å². The van der Waals surface area contributed by atoms with Gasteiger partial charge in [-0.1, -0.05) is 29.3 Å². The molecule has 0 atom stereocenters. The van der Waals surface area contributed by atoms with Crippen molar-refractivity contribution in [1.29, 1.82) is 0 Å². The van der Waals surface area contributed by atoms with E-state index in [1.165, 1.54) is 5.56 Å². The first-order valence-electron chi connectivity index (χ1n) is 5.87. The summed E-state index contributed by atoms with van der Waals surface area (Å²) in [7, 11) is 0. The van der Waals surface area contributed by atoms with Crippen LogP contribution < -0.4 is 5.73 Å². The zero-order valence-electron chi connectivity index (χ0n) is 9.72. The summed E-state index contributed by atoms with van der Waals surface area (Å²) in [5.41, 5.74) is 7.30. The molecule has 1 saturated heterocycles. The molecule has 0 radical (unpaired) electrons. The molecule has 1 aliphatic rings. The number of hydrogen-bond acceptors (Lipinski definition) is 2. The maximum Gasteiger partial charge on any atom is 0.0595 e. The summed E-state index contributed by atoms with van der Waals surface area (Å²) in [6, 6.07) is 5.82. The number of hydrogen-bond donors (Lipinski definition) is 1. The van der Waals surface area contributed by atoms with E-state index in [0.717, 1.165) is 32.5 Å². The van der Waals surface area contributed by atoms with Crippen molar-refractivity contribution in [2.75, 3.05) is 19.8 Å². The van der Waals surface area contributed by atoms with Crippen LogP contribution in [0.2, 0.25) is 10.0 Å². The van der Waals surface area contributed by atoms with Crippen LogP contribution in [0.25, 0.3) is 0 Å². The van der Waals surface area contributed by atoms with Gasteiger partial charge in [-0.2, -0.15) is 0 Å². The van der Waals surface area contributed by atoms with Crippen molar-refractivity contribution in [3.8, 4) is 0 Å². The van der Waals surface area contributed by atoms with Crippen LogP contribution in [0.4, 0.5) is 0 Å². The van der Waals surface area contributed by atoms with E-state index in [0.29, 0.717) is 16.6 Å². The van der Waals surface area contributed by atoms with Gasteiger partial charge >= 0.3 is 0 Å². The predicted octanol–water partition coefficient (Wildman–Crippen LogP) is 3.29. The van der Waals surface area contributed by atoms with Crippen molar-refractivity contribution >= 4 is 23.2 Å². The second kappa shape index (κ2) is 5.57. The molecule has 4 heteroatoms. The van der Waals surface area contributed by atoms with Gasteiger partial charge in [-0.15, -0.1) is 0 Å². The fourth-order valence-corrected chi connectivity index (χ4v) is 2.66. The maximum atomic E-state index is 6.03. The molecular weight excluding hydrogens is 257 g/mol. The molecule has 0 amide bonds. The monoisotopic (exact) mass is 273 g/mol. The highest BCUT2D eigenvalue weighted by atomic mass is 35.5. The van der Waals surface area contributed by atoms with Gasteiger partial charge in [-0.25, -0.2) is 0 Å². The summed E-state index contributed by atoms with van der Waals surface area (Å²) < 4.78 is 5.40. The average molecular weight is 274 g/mol. The zero-order valence-corrected chi connectivity index (χ0v) is 11.2. The van der Waals surface area contributed by atoms with Crippen LogP contribution in [-0.4, -0.2) is 19.8 Å². The van der Waals surface area contributed by atoms with E-state index in [9.17, 15) is 0 Å².